The molecule has 0 saturated heterocycles. The molecule has 1 atom stereocenters. The molecule has 0 heterocycles. The maximum absolute atomic E-state index is 13.5. The highest BCUT2D eigenvalue weighted by Gasteiger charge is 2.12. The number of hydrogen-bond acceptors (Lipinski definition) is 2. The topological polar surface area (TPSA) is 35.2 Å². The fourth-order valence-corrected chi connectivity index (χ4v) is 3.00. The molecule has 2 N–H and O–H groups in total. The number of benzene rings is 3. The van der Waals surface area contributed by atoms with Gasteiger partial charge < -0.3 is 10.5 Å². The number of aryl methyl sites for hydroxylation is 1. The van der Waals surface area contributed by atoms with Crippen molar-refractivity contribution in [1.82, 2.24) is 0 Å². The lowest BCUT2D eigenvalue weighted by Crippen LogP contribution is -2.15. The van der Waals surface area contributed by atoms with Crippen LogP contribution in [0.4, 0.5) is 4.39 Å². The average Bonchev–Trinajstić information content (AvgIpc) is 2.66. The standard InChI is InChI=1S/C23H24FNO/c1-17-8-10-18(11-9-17)16-26-23-7-2-4-19(13-23)12-21(15-25)20-5-3-6-22(24)14-20/h2-11,13-14,21H,12,15-16,25H2,1H3. The van der Waals surface area contributed by atoms with Crippen molar-refractivity contribution < 1.29 is 9.13 Å². The van der Waals surface area contributed by atoms with Gasteiger partial charge in [-0.15, -0.1) is 0 Å². The minimum atomic E-state index is -0.226. The van der Waals surface area contributed by atoms with Gasteiger partial charge in [0.25, 0.3) is 0 Å². The molecular weight excluding hydrogens is 325 g/mol. The van der Waals surface area contributed by atoms with Crippen molar-refractivity contribution in [2.45, 2.75) is 25.9 Å². The van der Waals surface area contributed by atoms with Crippen molar-refractivity contribution >= 4 is 0 Å². The van der Waals surface area contributed by atoms with Gasteiger partial charge in [0, 0.05) is 5.92 Å². The second-order valence-electron chi connectivity index (χ2n) is 6.61. The van der Waals surface area contributed by atoms with Crippen LogP contribution in [0.2, 0.25) is 0 Å². The molecule has 134 valence electrons. The predicted molar refractivity (Wildman–Crippen MR) is 104 cm³/mol. The highest BCUT2D eigenvalue weighted by molar-refractivity contribution is 5.32. The van der Waals surface area contributed by atoms with Crippen molar-refractivity contribution in [3.8, 4) is 5.75 Å². The number of rotatable bonds is 7. The third-order valence-corrected chi connectivity index (χ3v) is 4.51. The van der Waals surface area contributed by atoms with E-state index in [1.165, 1.54) is 11.6 Å². The zero-order valence-corrected chi connectivity index (χ0v) is 15.0. The van der Waals surface area contributed by atoms with Crippen LogP contribution in [0.1, 0.15) is 28.2 Å². The summed E-state index contributed by atoms with van der Waals surface area (Å²) in [4.78, 5) is 0. The molecule has 2 nitrogen and oxygen atoms in total. The molecule has 0 saturated carbocycles. The van der Waals surface area contributed by atoms with Crippen LogP contribution >= 0.6 is 0 Å². The Morgan fingerprint density at radius 3 is 2.42 bits per heavy atom. The summed E-state index contributed by atoms with van der Waals surface area (Å²) in [6, 6.07) is 23.0. The second kappa shape index (κ2) is 8.63. The Morgan fingerprint density at radius 2 is 1.69 bits per heavy atom. The summed E-state index contributed by atoms with van der Waals surface area (Å²) in [7, 11) is 0. The summed E-state index contributed by atoms with van der Waals surface area (Å²) in [6.07, 6.45) is 0.752. The van der Waals surface area contributed by atoms with E-state index in [0.717, 1.165) is 28.9 Å². The maximum Gasteiger partial charge on any atom is 0.123 e. The fourth-order valence-electron chi connectivity index (χ4n) is 3.00. The molecule has 0 aromatic heterocycles. The minimum absolute atomic E-state index is 0.0815. The largest absolute Gasteiger partial charge is 0.489 e. The number of ether oxygens (including phenoxy) is 1. The first-order valence-electron chi connectivity index (χ1n) is 8.87. The summed E-state index contributed by atoms with van der Waals surface area (Å²) >= 11 is 0. The summed E-state index contributed by atoms with van der Waals surface area (Å²) < 4.78 is 19.4. The molecule has 0 aliphatic rings. The predicted octanol–water partition coefficient (Wildman–Crippen LogP) is 5.00. The maximum atomic E-state index is 13.5. The van der Waals surface area contributed by atoms with Crippen LogP contribution in [0.15, 0.2) is 72.8 Å². The minimum Gasteiger partial charge on any atom is -0.489 e. The third-order valence-electron chi connectivity index (χ3n) is 4.51. The first-order valence-corrected chi connectivity index (χ1v) is 8.87. The van der Waals surface area contributed by atoms with Gasteiger partial charge in [0.1, 0.15) is 18.2 Å². The van der Waals surface area contributed by atoms with Crippen molar-refractivity contribution in [2.75, 3.05) is 6.54 Å². The van der Waals surface area contributed by atoms with E-state index in [1.807, 2.05) is 24.3 Å². The van der Waals surface area contributed by atoms with E-state index in [1.54, 1.807) is 12.1 Å². The Bertz CT molecular complexity index is 845. The lowest BCUT2D eigenvalue weighted by atomic mass is 9.92. The molecule has 26 heavy (non-hydrogen) atoms. The van der Waals surface area contributed by atoms with E-state index in [0.29, 0.717) is 13.2 Å². The van der Waals surface area contributed by atoms with Crippen molar-refractivity contribution in [3.63, 3.8) is 0 Å². The summed E-state index contributed by atoms with van der Waals surface area (Å²) in [6.45, 7) is 3.08. The Kier molecular flexibility index (Phi) is 6.03. The van der Waals surface area contributed by atoms with Crippen molar-refractivity contribution in [3.05, 3.63) is 101 Å². The smallest absolute Gasteiger partial charge is 0.123 e. The molecule has 0 bridgehead atoms. The van der Waals surface area contributed by atoms with Crippen LogP contribution in [0.5, 0.6) is 5.75 Å². The van der Waals surface area contributed by atoms with Gasteiger partial charge >= 0.3 is 0 Å². The Hall–Kier alpha value is -2.65. The van der Waals surface area contributed by atoms with Gasteiger partial charge in [-0.25, -0.2) is 4.39 Å². The molecule has 0 aliphatic carbocycles. The van der Waals surface area contributed by atoms with Gasteiger partial charge in [-0.1, -0.05) is 54.1 Å². The SMILES string of the molecule is Cc1ccc(COc2cccc(CC(CN)c3cccc(F)c3)c2)cc1. The molecule has 3 heteroatoms. The highest BCUT2D eigenvalue weighted by Crippen LogP contribution is 2.23. The van der Waals surface area contributed by atoms with E-state index in [4.69, 9.17) is 10.5 Å². The average molecular weight is 349 g/mol. The van der Waals surface area contributed by atoms with Gasteiger partial charge in [0.15, 0.2) is 0 Å². The molecule has 0 fully saturated rings. The molecule has 0 aliphatic heterocycles. The molecule has 0 radical (unpaired) electrons. The van der Waals surface area contributed by atoms with Crippen LogP contribution in [0, 0.1) is 12.7 Å². The lowest BCUT2D eigenvalue weighted by Gasteiger charge is -2.16. The highest BCUT2D eigenvalue weighted by atomic mass is 19.1. The molecular formula is C23H24FNO. The molecule has 3 aromatic carbocycles. The van der Waals surface area contributed by atoms with E-state index >= 15 is 0 Å². The lowest BCUT2D eigenvalue weighted by molar-refractivity contribution is 0.306. The summed E-state index contributed by atoms with van der Waals surface area (Å²) in [5, 5.41) is 0. The second-order valence-corrected chi connectivity index (χ2v) is 6.61. The monoisotopic (exact) mass is 349 g/mol. The molecule has 3 aromatic rings. The quantitative estimate of drug-likeness (QED) is 0.651. The Balaban J connectivity index is 1.67. The van der Waals surface area contributed by atoms with E-state index in [-0.39, 0.29) is 11.7 Å². The Labute approximate surface area is 154 Å². The third kappa shape index (κ3) is 4.93. The zero-order chi connectivity index (χ0) is 18.4. The number of hydrogen-bond donors (Lipinski definition) is 1. The Morgan fingerprint density at radius 1 is 0.923 bits per heavy atom. The number of halogens is 1. The van der Waals surface area contributed by atoms with Crippen LogP contribution in [0.3, 0.4) is 0 Å². The van der Waals surface area contributed by atoms with E-state index in [2.05, 4.69) is 37.3 Å². The van der Waals surface area contributed by atoms with Gasteiger partial charge in [-0.05, 0) is 60.8 Å². The van der Waals surface area contributed by atoms with Gasteiger partial charge in [0.2, 0.25) is 0 Å². The van der Waals surface area contributed by atoms with E-state index < -0.39 is 0 Å². The van der Waals surface area contributed by atoms with Crippen LogP contribution < -0.4 is 10.5 Å². The van der Waals surface area contributed by atoms with Gasteiger partial charge in [-0.3, -0.25) is 0 Å². The normalized spacial score (nSPS) is 12.0. The first-order chi connectivity index (χ1) is 12.6. The van der Waals surface area contributed by atoms with Crippen molar-refractivity contribution in [2.24, 2.45) is 5.73 Å². The first kappa shape index (κ1) is 18.2. The molecule has 1 unspecified atom stereocenters. The van der Waals surface area contributed by atoms with Crippen LogP contribution in [0.25, 0.3) is 0 Å². The van der Waals surface area contributed by atoms with Crippen LogP contribution in [-0.4, -0.2) is 6.54 Å². The zero-order valence-electron chi connectivity index (χ0n) is 15.0. The van der Waals surface area contributed by atoms with Gasteiger partial charge in [0.05, 0.1) is 0 Å². The molecule has 0 spiro atoms. The van der Waals surface area contributed by atoms with E-state index in [9.17, 15) is 4.39 Å². The summed E-state index contributed by atoms with van der Waals surface area (Å²) in [5.74, 6) is 0.687. The fraction of sp³-hybridized carbons (Fsp3) is 0.217. The van der Waals surface area contributed by atoms with Crippen LogP contribution in [-0.2, 0) is 13.0 Å². The van der Waals surface area contributed by atoms with Crippen molar-refractivity contribution in [1.29, 1.82) is 0 Å². The van der Waals surface area contributed by atoms with Gasteiger partial charge in [-0.2, -0.15) is 0 Å². The molecule has 0 amide bonds. The number of nitrogens with two attached hydrogens (primary N) is 1. The molecule has 3 rings (SSSR count). The summed E-state index contributed by atoms with van der Waals surface area (Å²) in [5.41, 5.74) is 10.4.